The van der Waals surface area contributed by atoms with E-state index >= 15 is 0 Å². The minimum Gasteiger partial charge on any atom is -0.342 e. The van der Waals surface area contributed by atoms with Crippen molar-refractivity contribution in [2.24, 2.45) is 34.5 Å². The molecule has 1 aliphatic heterocycles. The zero-order chi connectivity index (χ0) is 25.1. The summed E-state index contributed by atoms with van der Waals surface area (Å²) in [6, 6.07) is -0.730. The Morgan fingerprint density at radius 3 is 2.38 bits per heavy atom. The molecule has 0 aromatic carbocycles. The molecule has 4 aliphatic rings. The maximum absolute atomic E-state index is 13.5. The van der Waals surface area contributed by atoms with Crippen molar-refractivity contribution in [1.82, 2.24) is 15.1 Å². The highest BCUT2D eigenvalue weighted by Crippen LogP contribution is 2.66. The number of imide groups is 1. The Kier molecular flexibility index (Phi) is 6.47. The summed E-state index contributed by atoms with van der Waals surface area (Å²) >= 11 is 0. The summed E-state index contributed by atoms with van der Waals surface area (Å²) in [5, 5.41) is 2.38. The minimum absolute atomic E-state index is 0.0400. The van der Waals surface area contributed by atoms with Gasteiger partial charge in [-0.2, -0.15) is 13.2 Å². The summed E-state index contributed by atoms with van der Waals surface area (Å²) in [5.74, 6) is 0.0496. The molecule has 1 heterocycles. The van der Waals surface area contributed by atoms with Crippen LogP contribution in [0.1, 0.15) is 72.1 Å². The van der Waals surface area contributed by atoms with Crippen LogP contribution >= 0.6 is 0 Å². The van der Waals surface area contributed by atoms with Gasteiger partial charge in [0.1, 0.15) is 6.54 Å². The van der Waals surface area contributed by atoms with Crippen LogP contribution in [0, 0.1) is 34.5 Å². The van der Waals surface area contributed by atoms with Gasteiger partial charge in [-0.05, 0) is 80.5 Å². The highest BCUT2D eigenvalue weighted by molar-refractivity contribution is 5.96. The number of rotatable bonds is 3. The van der Waals surface area contributed by atoms with Gasteiger partial charge in [0.15, 0.2) is 0 Å². The number of carbonyl (C=O) groups excluding carboxylic acids is 3. The number of urea groups is 1. The molecule has 0 bridgehead atoms. The van der Waals surface area contributed by atoms with Gasteiger partial charge in [-0.15, -0.1) is 0 Å². The third-order valence-corrected chi connectivity index (χ3v) is 10.0. The number of piperidine rings is 1. The molecule has 7 atom stereocenters. The number of hydrogen-bond donors (Lipinski definition) is 1. The molecule has 9 heteroatoms. The standard InChI is InChI=1S/C25H38F3N3O3/c1-5-29-22(34)31(14-25(26,27)28)21(33)18-8-7-16-15-6-9-19-24(3,13-11-20(32)30(19)4)17(15)10-12-23(16,18)2/h15-19H,5-14H2,1-4H3,(H,29,34)/t15?,16?,17?,18?,19-,23+,24-/m1/s1. The second-order valence-corrected chi connectivity index (χ2v) is 11.5. The van der Waals surface area contributed by atoms with E-state index in [1.54, 1.807) is 6.92 Å². The second kappa shape index (κ2) is 8.70. The Labute approximate surface area is 200 Å². The molecule has 4 fully saturated rings. The van der Waals surface area contributed by atoms with Crippen LogP contribution in [-0.2, 0) is 9.59 Å². The van der Waals surface area contributed by atoms with Crippen LogP contribution in [0.15, 0.2) is 0 Å². The summed E-state index contributed by atoms with van der Waals surface area (Å²) in [6.45, 7) is 4.61. The number of fused-ring (bicyclic) bond motifs is 5. The average molecular weight is 486 g/mol. The lowest BCUT2D eigenvalue weighted by molar-refractivity contribution is -0.166. The Morgan fingerprint density at radius 2 is 1.74 bits per heavy atom. The monoisotopic (exact) mass is 485 g/mol. The zero-order valence-electron chi connectivity index (χ0n) is 20.7. The zero-order valence-corrected chi connectivity index (χ0v) is 20.7. The summed E-state index contributed by atoms with van der Waals surface area (Å²) in [6.07, 6.45) is 1.72. The average Bonchev–Trinajstić information content (AvgIpc) is 3.11. The van der Waals surface area contributed by atoms with E-state index in [0.29, 0.717) is 29.6 Å². The predicted octanol–water partition coefficient (Wildman–Crippen LogP) is 4.59. The van der Waals surface area contributed by atoms with Crippen LogP contribution in [0.25, 0.3) is 0 Å². The van der Waals surface area contributed by atoms with Crippen LogP contribution in [0.2, 0.25) is 0 Å². The second-order valence-electron chi connectivity index (χ2n) is 11.5. The van der Waals surface area contributed by atoms with E-state index in [9.17, 15) is 27.6 Å². The summed E-state index contributed by atoms with van der Waals surface area (Å²) in [7, 11) is 1.92. The van der Waals surface area contributed by atoms with E-state index < -0.39 is 36.0 Å². The Morgan fingerprint density at radius 1 is 1.06 bits per heavy atom. The van der Waals surface area contributed by atoms with Crippen LogP contribution < -0.4 is 5.32 Å². The first-order valence-electron chi connectivity index (χ1n) is 12.7. The molecule has 192 valence electrons. The fourth-order valence-corrected chi connectivity index (χ4v) is 8.42. The number of nitrogens with one attached hydrogen (secondary N) is 1. The van der Waals surface area contributed by atoms with Crippen LogP contribution in [0.5, 0.6) is 0 Å². The SMILES string of the molecule is CCNC(=O)N(CC(F)(F)F)C(=O)C1CCC2C3CC[C@H]4N(C)C(=O)CC[C@]4(C)C3CC[C@]12C. The van der Waals surface area contributed by atoms with E-state index in [2.05, 4.69) is 19.2 Å². The number of amides is 4. The summed E-state index contributed by atoms with van der Waals surface area (Å²) < 4.78 is 39.8. The van der Waals surface area contributed by atoms with Gasteiger partial charge in [0, 0.05) is 32.0 Å². The van der Waals surface area contributed by atoms with Crippen LogP contribution in [0.4, 0.5) is 18.0 Å². The van der Waals surface area contributed by atoms with Gasteiger partial charge in [0.2, 0.25) is 11.8 Å². The Hall–Kier alpha value is -1.80. The molecule has 4 amide bonds. The molecular formula is C25H38F3N3O3. The van der Waals surface area contributed by atoms with Crippen molar-refractivity contribution in [3.8, 4) is 0 Å². The first-order chi connectivity index (χ1) is 15.8. The molecule has 3 saturated carbocycles. The number of nitrogens with zero attached hydrogens (tertiary/aromatic N) is 2. The summed E-state index contributed by atoms with van der Waals surface area (Å²) in [4.78, 5) is 40.6. The fourth-order valence-electron chi connectivity index (χ4n) is 8.42. The highest BCUT2D eigenvalue weighted by atomic mass is 19.4. The number of likely N-dealkylation sites (tertiary alicyclic amines) is 1. The lowest BCUT2D eigenvalue weighted by atomic mass is 9.47. The Balaban J connectivity index is 1.57. The van der Waals surface area contributed by atoms with E-state index in [1.807, 2.05) is 11.9 Å². The molecule has 0 radical (unpaired) electrons. The van der Waals surface area contributed by atoms with Crippen molar-refractivity contribution in [3.63, 3.8) is 0 Å². The van der Waals surface area contributed by atoms with Gasteiger partial charge in [0.05, 0.1) is 0 Å². The topological polar surface area (TPSA) is 69.7 Å². The van der Waals surface area contributed by atoms with E-state index in [4.69, 9.17) is 0 Å². The Bertz CT molecular complexity index is 849. The van der Waals surface area contributed by atoms with Crippen molar-refractivity contribution in [2.45, 2.75) is 84.4 Å². The first-order valence-corrected chi connectivity index (χ1v) is 12.7. The first kappa shape index (κ1) is 25.3. The third kappa shape index (κ3) is 4.00. The maximum atomic E-state index is 13.5. The molecular weight excluding hydrogens is 447 g/mol. The van der Waals surface area contributed by atoms with Crippen molar-refractivity contribution in [2.75, 3.05) is 20.1 Å². The van der Waals surface area contributed by atoms with Crippen molar-refractivity contribution >= 4 is 17.8 Å². The maximum Gasteiger partial charge on any atom is 0.406 e. The molecule has 1 N–H and O–H groups in total. The fraction of sp³-hybridized carbons (Fsp3) is 0.880. The number of halogens is 3. The van der Waals surface area contributed by atoms with E-state index in [1.165, 1.54) is 0 Å². The molecule has 0 spiro atoms. The number of hydrogen-bond acceptors (Lipinski definition) is 3. The molecule has 34 heavy (non-hydrogen) atoms. The number of alkyl halides is 3. The normalized spacial score (nSPS) is 39.7. The van der Waals surface area contributed by atoms with Crippen molar-refractivity contribution < 1.29 is 27.6 Å². The quantitative estimate of drug-likeness (QED) is 0.636. The van der Waals surface area contributed by atoms with Crippen molar-refractivity contribution in [1.29, 1.82) is 0 Å². The minimum atomic E-state index is -4.64. The van der Waals surface area contributed by atoms with Gasteiger partial charge < -0.3 is 10.2 Å². The summed E-state index contributed by atoms with van der Waals surface area (Å²) in [5.41, 5.74) is -0.369. The molecule has 4 unspecified atom stereocenters. The smallest absolute Gasteiger partial charge is 0.342 e. The lowest BCUT2D eigenvalue weighted by Crippen LogP contribution is -2.61. The molecule has 0 aromatic rings. The van der Waals surface area contributed by atoms with Crippen molar-refractivity contribution in [3.05, 3.63) is 0 Å². The third-order valence-electron chi connectivity index (χ3n) is 10.0. The van der Waals surface area contributed by atoms with Crippen LogP contribution in [-0.4, -0.2) is 60.0 Å². The number of carbonyl (C=O) groups is 3. The highest BCUT2D eigenvalue weighted by Gasteiger charge is 2.62. The van der Waals surface area contributed by atoms with Gasteiger partial charge in [-0.1, -0.05) is 13.8 Å². The predicted molar refractivity (Wildman–Crippen MR) is 121 cm³/mol. The van der Waals surface area contributed by atoms with E-state index in [0.717, 1.165) is 38.5 Å². The largest absolute Gasteiger partial charge is 0.406 e. The van der Waals surface area contributed by atoms with Gasteiger partial charge in [-0.3, -0.25) is 14.5 Å². The van der Waals surface area contributed by atoms with Gasteiger partial charge >= 0.3 is 12.2 Å². The molecule has 4 rings (SSSR count). The van der Waals surface area contributed by atoms with Crippen LogP contribution in [0.3, 0.4) is 0 Å². The molecule has 1 saturated heterocycles. The molecule has 3 aliphatic carbocycles. The van der Waals surface area contributed by atoms with Gasteiger partial charge in [0.25, 0.3) is 0 Å². The molecule has 0 aromatic heterocycles. The lowest BCUT2D eigenvalue weighted by Gasteiger charge is -2.61. The van der Waals surface area contributed by atoms with E-state index in [-0.39, 0.29) is 29.8 Å². The van der Waals surface area contributed by atoms with Gasteiger partial charge in [-0.25, -0.2) is 4.79 Å². The molecule has 6 nitrogen and oxygen atoms in total.